The molecule has 0 heterocycles. The zero-order valence-electron chi connectivity index (χ0n) is 17.9. The first-order valence-corrected chi connectivity index (χ1v) is 10.5. The van der Waals surface area contributed by atoms with Crippen LogP contribution in [-0.4, -0.2) is 36.2 Å². The Bertz CT molecular complexity index is 999. The van der Waals surface area contributed by atoms with Crippen molar-refractivity contribution in [1.29, 1.82) is 0 Å². The second-order valence-electron chi connectivity index (χ2n) is 7.31. The molecule has 0 aliphatic rings. The lowest BCUT2D eigenvalue weighted by Gasteiger charge is -2.18. The van der Waals surface area contributed by atoms with E-state index in [-0.39, 0.29) is 30.3 Å². The standard InChI is InChI=1S/C23H23ClF4N2O4/c1-2-15(22(33)30-11-14-3-5-16(6-4-14)23(26,27)28)9-17(31)12-29-21(32)13-34-18-7-8-19(24)20(25)10-18/h2-8,10,15,17,31H,1,9,11-13H2,(H,29,32)(H,30,33)/t15?,17-/m0/s1. The van der Waals surface area contributed by atoms with Gasteiger partial charge in [-0.3, -0.25) is 9.59 Å². The molecule has 0 fully saturated rings. The number of alkyl halides is 3. The summed E-state index contributed by atoms with van der Waals surface area (Å²) in [6, 6.07) is 8.08. The molecule has 0 aromatic heterocycles. The maximum absolute atomic E-state index is 13.4. The van der Waals surface area contributed by atoms with Crippen molar-refractivity contribution in [1.82, 2.24) is 10.6 Å². The third kappa shape index (κ3) is 8.68. The van der Waals surface area contributed by atoms with E-state index in [1.807, 2.05) is 0 Å². The summed E-state index contributed by atoms with van der Waals surface area (Å²) in [7, 11) is 0. The highest BCUT2D eigenvalue weighted by molar-refractivity contribution is 6.30. The molecule has 2 amide bonds. The molecule has 1 unspecified atom stereocenters. The summed E-state index contributed by atoms with van der Waals surface area (Å²) in [5, 5.41) is 15.1. The van der Waals surface area contributed by atoms with E-state index >= 15 is 0 Å². The van der Waals surface area contributed by atoms with Gasteiger partial charge in [0.25, 0.3) is 5.91 Å². The first kappa shape index (κ1) is 27.1. The van der Waals surface area contributed by atoms with Gasteiger partial charge in [0.2, 0.25) is 5.91 Å². The van der Waals surface area contributed by atoms with E-state index in [1.54, 1.807) is 0 Å². The van der Waals surface area contributed by atoms with E-state index in [1.165, 1.54) is 30.3 Å². The number of nitrogens with one attached hydrogen (secondary N) is 2. The second kappa shape index (κ2) is 12.4. The monoisotopic (exact) mass is 502 g/mol. The molecule has 34 heavy (non-hydrogen) atoms. The minimum Gasteiger partial charge on any atom is -0.484 e. The normalized spacial score (nSPS) is 13.0. The number of benzene rings is 2. The van der Waals surface area contributed by atoms with Crippen molar-refractivity contribution in [2.75, 3.05) is 13.2 Å². The lowest BCUT2D eigenvalue weighted by molar-refractivity contribution is -0.137. The number of carbonyl (C=O) groups excluding carboxylic acids is 2. The molecule has 184 valence electrons. The molecular formula is C23H23ClF4N2O4. The maximum Gasteiger partial charge on any atom is 0.416 e. The molecule has 0 aliphatic carbocycles. The molecule has 0 radical (unpaired) electrons. The van der Waals surface area contributed by atoms with Crippen molar-refractivity contribution in [3.8, 4) is 5.75 Å². The first-order chi connectivity index (χ1) is 16.0. The molecule has 0 bridgehead atoms. The Labute approximate surface area is 198 Å². The molecule has 2 aromatic rings. The summed E-state index contributed by atoms with van der Waals surface area (Å²) in [4.78, 5) is 24.2. The van der Waals surface area contributed by atoms with E-state index in [2.05, 4.69) is 17.2 Å². The van der Waals surface area contributed by atoms with E-state index in [0.717, 1.165) is 18.2 Å². The van der Waals surface area contributed by atoms with E-state index in [9.17, 15) is 32.3 Å². The number of carbonyl (C=O) groups is 2. The van der Waals surface area contributed by atoms with Crippen LogP contribution in [0.15, 0.2) is 55.1 Å². The molecule has 0 spiro atoms. The summed E-state index contributed by atoms with van der Waals surface area (Å²) >= 11 is 5.56. The lowest BCUT2D eigenvalue weighted by Crippen LogP contribution is -2.38. The van der Waals surface area contributed by atoms with Gasteiger partial charge in [-0.1, -0.05) is 29.8 Å². The van der Waals surface area contributed by atoms with Crippen LogP contribution >= 0.6 is 11.6 Å². The zero-order valence-corrected chi connectivity index (χ0v) is 18.6. The molecule has 2 rings (SSSR count). The zero-order chi connectivity index (χ0) is 25.3. The lowest BCUT2D eigenvalue weighted by atomic mass is 10.0. The smallest absolute Gasteiger partial charge is 0.416 e. The fraction of sp³-hybridized carbons (Fsp3) is 0.304. The Kier molecular flexibility index (Phi) is 9.88. The SMILES string of the molecule is C=CC(C[C@H](O)CNC(=O)COc1ccc(Cl)c(F)c1)C(=O)NCc1ccc(C(F)(F)F)cc1. The summed E-state index contributed by atoms with van der Waals surface area (Å²) < 4.78 is 56.3. The number of rotatable bonds is 11. The van der Waals surface area contributed by atoms with Crippen molar-refractivity contribution in [3.63, 3.8) is 0 Å². The molecule has 3 N–H and O–H groups in total. The number of amides is 2. The third-order valence-corrected chi connectivity index (χ3v) is 5.00. The Morgan fingerprint density at radius 1 is 1.15 bits per heavy atom. The van der Waals surface area contributed by atoms with Crippen LogP contribution in [0.1, 0.15) is 17.5 Å². The molecule has 0 aliphatic heterocycles. The first-order valence-electron chi connectivity index (χ1n) is 10.1. The molecule has 2 aromatic carbocycles. The van der Waals surface area contributed by atoms with Crippen LogP contribution in [0.4, 0.5) is 17.6 Å². The number of aliphatic hydroxyl groups is 1. The molecule has 11 heteroatoms. The van der Waals surface area contributed by atoms with Gasteiger partial charge in [0.1, 0.15) is 11.6 Å². The Balaban J connectivity index is 1.74. The number of hydrogen-bond donors (Lipinski definition) is 3. The van der Waals surface area contributed by atoms with Gasteiger partial charge in [-0.05, 0) is 36.2 Å². The quantitative estimate of drug-likeness (QED) is 0.322. The van der Waals surface area contributed by atoms with E-state index in [0.29, 0.717) is 5.56 Å². The van der Waals surface area contributed by atoms with Crippen molar-refractivity contribution in [3.05, 3.63) is 77.1 Å². The topological polar surface area (TPSA) is 87.7 Å². The van der Waals surface area contributed by atoms with Crippen molar-refractivity contribution < 1.29 is 37.0 Å². The number of ether oxygens (including phenoxy) is 1. The van der Waals surface area contributed by atoms with Crippen LogP contribution in [0, 0.1) is 11.7 Å². The summed E-state index contributed by atoms with van der Waals surface area (Å²) in [5.74, 6) is -2.43. The Morgan fingerprint density at radius 3 is 2.41 bits per heavy atom. The predicted octanol–water partition coefficient (Wildman–Crippen LogP) is 3.86. The van der Waals surface area contributed by atoms with Gasteiger partial charge in [-0.25, -0.2) is 4.39 Å². The summed E-state index contributed by atoms with van der Waals surface area (Å²) in [5.41, 5.74) is -0.319. The highest BCUT2D eigenvalue weighted by Crippen LogP contribution is 2.29. The van der Waals surface area contributed by atoms with Crippen molar-refractivity contribution in [2.45, 2.75) is 25.2 Å². The van der Waals surface area contributed by atoms with Gasteiger partial charge in [0.05, 0.1) is 22.6 Å². The second-order valence-corrected chi connectivity index (χ2v) is 7.72. The molecular weight excluding hydrogens is 480 g/mol. The van der Waals surface area contributed by atoms with Gasteiger partial charge >= 0.3 is 6.18 Å². The van der Waals surface area contributed by atoms with Gasteiger partial charge in [0, 0.05) is 19.2 Å². The minimum absolute atomic E-state index is 0.00320. The maximum atomic E-state index is 13.4. The fourth-order valence-corrected chi connectivity index (χ4v) is 2.93. The van der Waals surface area contributed by atoms with Crippen LogP contribution in [0.25, 0.3) is 0 Å². The van der Waals surface area contributed by atoms with Gasteiger partial charge in [-0.15, -0.1) is 6.58 Å². The van der Waals surface area contributed by atoms with Gasteiger partial charge in [-0.2, -0.15) is 13.2 Å². The van der Waals surface area contributed by atoms with Crippen LogP contribution in [0.5, 0.6) is 5.75 Å². The van der Waals surface area contributed by atoms with Crippen LogP contribution < -0.4 is 15.4 Å². The molecule has 2 atom stereocenters. The molecule has 0 saturated heterocycles. The van der Waals surface area contributed by atoms with Gasteiger partial charge in [0.15, 0.2) is 6.61 Å². The summed E-state index contributed by atoms with van der Waals surface area (Å²) in [6.07, 6.45) is -4.25. The number of aliphatic hydroxyl groups excluding tert-OH is 1. The number of hydrogen-bond acceptors (Lipinski definition) is 4. The van der Waals surface area contributed by atoms with Gasteiger partial charge < -0.3 is 20.5 Å². The van der Waals surface area contributed by atoms with Crippen LogP contribution in [0.3, 0.4) is 0 Å². The Hall–Kier alpha value is -3.11. The average molecular weight is 503 g/mol. The van der Waals surface area contributed by atoms with Crippen molar-refractivity contribution >= 4 is 23.4 Å². The van der Waals surface area contributed by atoms with E-state index < -0.39 is 48.0 Å². The van der Waals surface area contributed by atoms with E-state index in [4.69, 9.17) is 16.3 Å². The third-order valence-electron chi connectivity index (χ3n) is 4.69. The summed E-state index contributed by atoms with van der Waals surface area (Å²) in [6.45, 7) is 2.96. The molecule has 0 saturated carbocycles. The number of halogens is 5. The molecule has 6 nitrogen and oxygen atoms in total. The Morgan fingerprint density at radius 2 is 1.82 bits per heavy atom. The highest BCUT2D eigenvalue weighted by atomic mass is 35.5. The minimum atomic E-state index is -4.44. The largest absolute Gasteiger partial charge is 0.484 e. The highest BCUT2D eigenvalue weighted by Gasteiger charge is 2.30. The van der Waals surface area contributed by atoms with Crippen LogP contribution in [-0.2, 0) is 22.3 Å². The average Bonchev–Trinajstić information content (AvgIpc) is 2.80. The van der Waals surface area contributed by atoms with Crippen LogP contribution in [0.2, 0.25) is 5.02 Å². The fourth-order valence-electron chi connectivity index (χ4n) is 2.82. The van der Waals surface area contributed by atoms with Crippen molar-refractivity contribution in [2.24, 2.45) is 5.92 Å². The predicted molar refractivity (Wildman–Crippen MR) is 118 cm³/mol.